The summed E-state index contributed by atoms with van der Waals surface area (Å²) in [5.74, 6) is 0.353. The van der Waals surface area contributed by atoms with Crippen molar-refractivity contribution in [2.24, 2.45) is 0 Å². The monoisotopic (exact) mass is 402 g/mol. The molecule has 0 atom stereocenters. The van der Waals surface area contributed by atoms with E-state index in [2.05, 4.69) is 66.1 Å². The number of benzene rings is 2. The van der Waals surface area contributed by atoms with E-state index in [-0.39, 0.29) is 5.69 Å². The van der Waals surface area contributed by atoms with Crippen molar-refractivity contribution in [2.75, 3.05) is 0 Å². The minimum Gasteiger partial charge on any atom is -0.322 e. The maximum Gasteiger partial charge on any atom is 0.349 e. The van der Waals surface area contributed by atoms with E-state index >= 15 is 0 Å². The van der Waals surface area contributed by atoms with Gasteiger partial charge in [0.05, 0.1) is 11.0 Å². The van der Waals surface area contributed by atoms with Crippen molar-refractivity contribution in [3.05, 3.63) is 79.5 Å². The second-order valence-corrected chi connectivity index (χ2v) is 7.91. The number of H-pyrrole nitrogens is 1. The molecular formula is C24H26N4O2. The van der Waals surface area contributed by atoms with Crippen molar-refractivity contribution in [1.82, 2.24) is 19.5 Å². The van der Waals surface area contributed by atoms with Gasteiger partial charge in [0.2, 0.25) is 0 Å². The zero-order valence-corrected chi connectivity index (χ0v) is 17.7. The van der Waals surface area contributed by atoms with Gasteiger partial charge in [-0.2, -0.15) is 4.98 Å². The van der Waals surface area contributed by atoms with Gasteiger partial charge < -0.3 is 4.57 Å². The average Bonchev–Trinajstić information content (AvgIpc) is 2.71. The Morgan fingerprint density at radius 3 is 2.50 bits per heavy atom. The normalized spacial score (nSPS) is 11.4. The quantitative estimate of drug-likeness (QED) is 0.498. The molecule has 0 amide bonds. The molecule has 154 valence electrons. The predicted octanol–water partition coefficient (Wildman–Crippen LogP) is 3.79. The smallest absolute Gasteiger partial charge is 0.322 e. The lowest BCUT2D eigenvalue weighted by Gasteiger charge is -2.18. The lowest BCUT2D eigenvalue weighted by molar-refractivity contribution is 0.648. The molecule has 6 nitrogen and oxygen atoms in total. The van der Waals surface area contributed by atoms with Crippen LogP contribution in [0, 0.1) is 13.8 Å². The van der Waals surface area contributed by atoms with Gasteiger partial charge in [0.15, 0.2) is 11.5 Å². The Morgan fingerprint density at radius 1 is 1.00 bits per heavy atom. The van der Waals surface area contributed by atoms with Gasteiger partial charge >= 0.3 is 5.69 Å². The highest BCUT2D eigenvalue weighted by Gasteiger charge is 2.19. The maximum absolute atomic E-state index is 12.4. The van der Waals surface area contributed by atoms with Crippen LogP contribution < -0.4 is 11.2 Å². The largest absolute Gasteiger partial charge is 0.349 e. The van der Waals surface area contributed by atoms with Gasteiger partial charge in [0.25, 0.3) is 5.56 Å². The zero-order chi connectivity index (χ0) is 21.3. The second-order valence-electron chi connectivity index (χ2n) is 7.91. The SMILES string of the molecule is CCCc1cc2c(cc1C)nc1c(=O)[nH]c(=O)nc-1n2CCCc1ccc(C)cc1. The molecule has 0 saturated heterocycles. The summed E-state index contributed by atoms with van der Waals surface area (Å²) in [5, 5.41) is 0. The molecule has 1 N–H and O–H groups in total. The molecule has 2 heterocycles. The Morgan fingerprint density at radius 2 is 1.77 bits per heavy atom. The van der Waals surface area contributed by atoms with Crippen LogP contribution in [-0.4, -0.2) is 19.5 Å². The van der Waals surface area contributed by atoms with Gasteiger partial charge in [-0.3, -0.25) is 9.78 Å². The van der Waals surface area contributed by atoms with Crippen LogP contribution in [0.25, 0.3) is 22.6 Å². The molecule has 0 unspecified atom stereocenters. The number of hydrogen-bond acceptors (Lipinski definition) is 4. The van der Waals surface area contributed by atoms with E-state index < -0.39 is 11.2 Å². The summed E-state index contributed by atoms with van der Waals surface area (Å²) >= 11 is 0. The number of aromatic amines is 1. The van der Waals surface area contributed by atoms with E-state index in [1.165, 1.54) is 16.7 Å². The van der Waals surface area contributed by atoms with Crippen molar-refractivity contribution in [2.45, 2.75) is 53.0 Å². The van der Waals surface area contributed by atoms with Gasteiger partial charge in [0, 0.05) is 6.54 Å². The van der Waals surface area contributed by atoms with E-state index in [4.69, 9.17) is 0 Å². The highest BCUT2D eigenvalue weighted by molar-refractivity contribution is 5.81. The molecule has 0 fully saturated rings. The zero-order valence-electron chi connectivity index (χ0n) is 17.7. The Hall–Kier alpha value is -3.28. The van der Waals surface area contributed by atoms with Crippen molar-refractivity contribution >= 4 is 11.0 Å². The molecule has 0 aromatic heterocycles. The first-order valence-electron chi connectivity index (χ1n) is 10.5. The molecule has 6 heteroatoms. The van der Waals surface area contributed by atoms with Crippen molar-refractivity contribution in [3.63, 3.8) is 0 Å². The van der Waals surface area contributed by atoms with Crippen LogP contribution in [0.1, 0.15) is 42.0 Å². The van der Waals surface area contributed by atoms with Gasteiger partial charge in [-0.15, -0.1) is 0 Å². The fraction of sp³-hybridized carbons (Fsp3) is 0.333. The average molecular weight is 402 g/mol. The van der Waals surface area contributed by atoms with Crippen molar-refractivity contribution in [1.29, 1.82) is 0 Å². The highest BCUT2D eigenvalue weighted by atomic mass is 16.2. The molecule has 2 aromatic carbocycles. The third kappa shape index (κ3) is 3.90. The summed E-state index contributed by atoms with van der Waals surface area (Å²) in [6, 6.07) is 12.7. The second kappa shape index (κ2) is 8.22. The van der Waals surface area contributed by atoms with Gasteiger partial charge in [-0.1, -0.05) is 43.2 Å². The predicted molar refractivity (Wildman–Crippen MR) is 119 cm³/mol. The van der Waals surface area contributed by atoms with E-state index in [1.54, 1.807) is 0 Å². The molecule has 0 radical (unpaired) electrons. The van der Waals surface area contributed by atoms with Crippen molar-refractivity contribution < 1.29 is 0 Å². The number of aromatic nitrogens is 4. The number of aryl methyl sites for hydroxylation is 5. The van der Waals surface area contributed by atoms with Crippen LogP contribution in [0.4, 0.5) is 0 Å². The van der Waals surface area contributed by atoms with Crippen LogP contribution >= 0.6 is 0 Å². The fourth-order valence-corrected chi connectivity index (χ4v) is 3.95. The van der Waals surface area contributed by atoms with Crippen LogP contribution in [0.3, 0.4) is 0 Å². The summed E-state index contributed by atoms with van der Waals surface area (Å²) in [5.41, 5.74) is 5.67. The number of rotatable bonds is 6. The molecule has 0 aliphatic carbocycles. The maximum atomic E-state index is 12.4. The number of hydrogen-bond donors (Lipinski definition) is 1. The van der Waals surface area contributed by atoms with Crippen LogP contribution in [0.2, 0.25) is 0 Å². The first-order valence-corrected chi connectivity index (χ1v) is 10.5. The first kappa shape index (κ1) is 20.0. The van der Waals surface area contributed by atoms with E-state index in [0.29, 0.717) is 12.4 Å². The molecule has 30 heavy (non-hydrogen) atoms. The molecule has 2 aliphatic rings. The molecule has 2 aliphatic heterocycles. The van der Waals surface area contributed by atoms with Crippen LogP contribution in [-0.2, 0) is 19.4 Å². The molecular weight excluding hydrogens is 376 g/mol. The molecule has 0 bridgehead atoms. The first-order chi connectivity index (χ1) is 14.5. The third-order valence-electron chi connectivity index (χ3n) is 5.55. The van der Waals surface area contributed by atoms with Gasteiger partial charge in [-0.25, -0.2) is 9.78 Å². The summed E-state index contributed by atoms with van der Waals surface area (Å²) in [6.07, 6.45) is 3.78. The molecule has 4 rings (SSSR count). The topological polar surface area (TPSA) is 80.6 Å². The van der Waals surface area contributed by atoms with Crippen molar-refractivity contribution in [3.8, 4) is 11.5 Å². The standard InChI is InChI=1S/C24H26N4O2/c1-4-6-18-14-20-19(13-16(18)3)25-21-22(26-24(30)27-23(21)29)28(20)12-5-7-17-10-8-15(2)9-11-17/h8-11,13-14H,4-7,12H2,1-3H3,(H,27,29,30). The summed E-state index contributed by atoms with van der Waals surface area (Å²) in [6.45, 7) is 6.95. The third-order valence-corrected chi connectivity index (χ3v) is 5.55. The summed E-state index contributed by atoms with van der Waals surface area (Å²) < 4.78 is 1.99. The summed E-state index contributed by atoms with van der Waals surface area (Å²) in [4.78, 5) is 35.2. The number of nitrogens with zero attached hydrogens (tertiary/aromatic N) is 3. The van der Waals surface area contributed by atoms with E-state index in [1.807, 2.05) is 10.6 Å². The highest BCUT2D eigenvalue weighted by Crippen LogP contribution is 2.25. The molecule has 0 spiro atoms. The lowest BCUT2D eigenvalue weighted by atomic mass is 10.0. The van der Waals surface area contributed by atoms with Crippen LogP contribution in [0.5, 0.6) is 0 Å². The molecule has 2 aromatic rings. The Labute approximate surface area is 175 Å². The summed E-state index contributed by atoms with van der Waals surface area (Å²) in [7, 11) is 0. The van der Waals surface area contributed by atoms with Gasteiger partial charge in [-0.05, 0) is 61.9 Å². The number of fused-ring (bicyclic) bond motifs is 2. The van der Waals surface area contributed by atoms with E-state index in [0.717, 1.165) is 42.3 Å². The minimum atomic E-state index is -0.637. The fourth-order valence-electron chi connectivity index (χ4n) is 3.95. The van der Waals surface area contributed by atoms with E-state index in [9.17, 15) is 9.59 Å². The number of nitrogens with one attached hydrogen (secondary N) is 1. The Balaban J connectivity index is 1.82. The van der Waals surface area contributed by atoms with Gasteiger partial charge in [0.1, 0.15) is 0 Å². The Bertz CT molecular complexity index is 1290. The minimum absolute atomic E-state index is 0.208. The van der Waals surface area contributed by atoms with Crippen LogP contribution in [0.15, 0.2) is 46.0 Å². The Kier molecular flexibility index (Phi) is 5.48. The lowest BCUT2D eigenvalue weighted by Crippen LogP contribution is -2.29. The molecule has 0 saturated carbocycles.